The molecule has 0 bridgehead atoms. The summed E-state index contributed by atoms with van der Waals surface area (Å²) in [6.45, 7) is 0.500. The highest BCUT2D eigenvalue weighted by Crippen LogP contribution is 2.30. The standard InChI is InChI=1S/C10H10F2O/c11-8-3-4-9(12)10(5-8)13-6-7-1-2-7/h3-5,7H,1-2,6H2. The first-order valence-corrected chi connectivity index (χ1v) is 4.33. The molecule has 1 aliphatic carbocycles. The van der Waals surface area contributed by atoms with Crippen LogP contribution in [-0.2, 0) is 0 Å². The summed E-state index contributed by atoms with van der Waals surface area (Å²) < 4.78 is 30.7. The van der Waals surface area contributed by atoms with Crippen molar-refractivity contribution < 1.29 is 13.5 Å². The minimum Gasteiger partial charge on any atom is -0.490 e. The second kappa shape index (κ2) is 3.32. The molecule has 1 aromatic rings. The molecule has 0 heterocycles. The van der Waals surface area contributed by atoms with Gasteiger partial charge in [0.05, 0.1) is 6.61 Å². The van der Waals surface area contributed by atoms with Gasteiger partial charge in [0.25, 0.3) is 0 Å². The van der Waals surface area contributed by atoms with Gasteiger partial charge in [-0.1, -0.05) is 0 Å². The molecule has 0 N–H and O–H groups in total. The van der Waals surface area contributed by atoms with Gasteiger partial charge >= 0.3 is 0 Å². The van der Waals surface area contributed by atoms with E-state index >= 15 is 0 Å². The van der Waals surface area contributed by atoms with Crippen LogP contribution in [0.25, 0.3) is 0 Å². The largest absolute Gasteiger partial charge is 0.490 e. The maximum atomic E-state index is 12.9. The van der Waals surface area contributed by atoms with E-state index in [9.17, 15) is 8.78 Å². The lowest BCUT2D eigenvalue weighted by molar-refractivity contribution is 0.283. The van der Waals surface area contributed by atoms with Gasteiger partial charge in [-0.25, -0.2) is 8.78 Å². The highest BCUT2D eigenvalue weighted by Gasteiger charge is 2.22. The Balaban J connectivity index is 2.03. The zero-order valence-electron chi connectivity index (χ0n) is 7.09. The molecule has 1 aliphatic rings. The fourth-order valence-electron chi connectivity index (χ4n) is 1.08. The Hall–Kier alpha value is -1.12. The van der Waals surface area contributed by atoms with Crippen LogP contribution in [0.3, 0.4) is 0 Å². The Labute approximate surface area is 75.3 Å². The van der Waals surface area contributed by atoms with Crippen molar-refractivity contribution in [1.29, 1.82) is 0 Å². The summed E-state index contributed by atoms with van der Waals surface area (Å²) >= 11 is 0. The highest BCUT2D eigenvalue weighted by atomic mass is 19.1. The molecule has 2 rings (SSSR count). The molecule has 0 amide bonds. The molecule has 1 nitrogen and oxygen atoms in total. The van der Waals surface area contributed by atoms with E-state index in [-0.39, 0.29) is 5.75 Å². The molecule has 0 radical (unpaired) electrons. The minimum absolute atomic E-state index is 0.0203. The smallest absolute Gasteiger partial charge is 0.165 e. The van der Waals surface area contributed by atoms with Crippen molar-refractivity contribution in [2.45, 2.75) is 12.8 Å². The Morgan fingerprint density at radius 2 is 2.08 bits per heavy atom. The molecule has 70 valence electrons. The second-order valence-electron chi connectivity index (χ2n) is 3.33. The topological polar surface area (TPSA) is 9.23 Å². The van der Waals surface area contributed by atoms with Crippen molar-refractivity contribution in [3.05, 3.63) is 29.8 Å². The summed E-state index contributed by atoms with van der Waals surface area (Å²) in [6.07, 6.45) is 2.27. The van der Waals surface area contributed by atoms with Gasteiger partial charge in [0, 0.05) is 6.07 Å². The van der Waals surface area contributed by atoms with Crippen molar-refractivity contribution in [1.82, 2.24) is 0 Å². The molecule has 1 fully saturated rings. The maximum absolute atomic E-state index is 12.9. The third-order valence-corrected chi connectivity index (χ3v) is 2.06. The fourth-order valence-corrected chi connectivity index (χ4v) is 1.08. The van der Waals surface area contributed by atoms with Crippen LogP contribution in [0.5, 0.6) is 5.75 Å². The molecule has 0 atom stereocenters. The van der Waals surface area contributed by atoms with Crippen LogP contribution in [0.1, 0.15) is 12.8 Å². The quantitative estimate of drug-likeness (QED) is 0.701. The van der Waals surface area contributed by atoms with E-state index in [0.717, 1.165) is 31.0 Å². The monoisotopic (exact) mass is 184 g/mol. The number of hydrogen-bond donors (Lipinski definition) is 0. The fraction of sp³-hybridized carbons (Fsp3) is 0.400. The van der Waals surface area contributed by atoms with Gasteiger partial charge in [0.2, 0.25) is 0 Å². The first kappa shape index (κ1) is 8.48. The van der Waals surface area contributed by atoms with Gasteiger partial charge in [-0.15, -0.1) is 0 Å². The average molecular weight is 184 g/mol. The summed E-state index contributed by atoms with van der Waals surface area (Å²) in [5, 5.41) is 0. The van der Waals surface area contributed by atoms with E-state index in [1.54, 1.807) is 0 Å². The highest BCUT2D eigenvalue weighted by molar-refractivity contribution is 5.24. The molecule has 1 saturated carbocycles. The molecular formula is C10H10F2O. The number of benzene rings is 1. The Morgan fingerprint density at radius 3 is 2.77 bits per heavy atom. The van der Waals surface area contributed by atoms with Gasteiger partial charge in [-0.3, -0.25) is 0 Å². The van der Waals surface area contributed by atoms with Gasteiger partial charge in [-0.05, 0) is 30.9 Å². The predicted molar refractivity (Wildman–Crippen MR) is 44.6 cm³/mol. The predicted octanol–water partition coefficient (Wildman–Crippen LogP) is 2.75. The lowest BCUT2D eigenvalue weighted by Crippen LogP contribution is -2.00. The first-order valence-electron chi connectivity index (χ1n) is 4.33. The van der Waals surface area contributed by atoms with Crippen LogP contribution in [0, 0.1) is 17.6 Å². The Morgan fingerprint density at radius 1 is 1.31 bits per heavy atom. The van der Waals surface area contributed by atoms with Crippen molar-refractivity contribution in [2.24, 2.45) is 5.92 Å². The van der Waals surface area contributed by atoms with Gasteiger partial charge < -0.3 is 4.74 Å². The summed E-state index contributed by atoms with van der Waals surface area (Å²) in [7, 11) is 0. The number of hydrogen-bond acceptors (Lipinski definition) is 1. The number of ether oxygens (including phenoxy) is 1. The molecule has 1 aromatic carbocycles. The lowest BCUT2D eigenvalue weighted by Gasteiger charge is -2.05. The molecule has 13 heavy (non-hydrogen) atoms. The van der Waals surface area contributed by atoms with E-state index < -0.39 is 11.6 Å². The SMILES string of the molecule is Fc1ccc(F)c(OCC2CC2)c1. The Bertz CT molecular complexity index is 308. The van der Waals surface area contributed by atoms with Crippen LogP contribution < -0.4 is 4.74 Å². The third-order valence-electron chi connectivity index (χ3n) is 2.06. The zero-order chi connectivity index (χ0) is 9.26. The van der Waals surface area contributed by atoms with Crippen LogP contribution in [0.4, 0.5) is 8.78 Å². The van der Waals surface area contributed by atoms with Crippen LogP contribution in [-0.4, -0.2) is 6.61 Å². The summed E-state index contributed by atoms with van der Waals surface area (Å²) in [5.41, 5.74) is 0. The number of rotatable bonds is 3. The molecular weight excluding hydrogens is 174 g/mol. The van der Waals surface area contributed by atoms with E-state index in [1.165, 1.54) is 0 Å². The minimum atomic E-state index is -0.498. The van der Waals surface area contributed by atoms with E-state index in [0.29, 0.717) is 12.5 Å². The van der Waals surface area contributed by atoms with Crippen LogP contribution in [0.2, 0.25) is 0 Å². The van der Waals surface area contributed by atoms with Crippen molar-refractivity contribution in [3.8, 4) is 5.75 Å². The van der Waals surface area contributed by atoms with Crippen LogP contribution >= 0.6 is 0 Å². The lowest BCUT2D eigenvalue weighted by atomic mass is 10.3. The van der Waals surface area contributed by atoms with Crippen molar-refractivity contribution in [3.63, 3.8) is 0 Å². The molecule has 3 heteroatoms. The summed E-state index contributed by atoms with van der Waals surface area (Å²) in [4.78, 5) is 0. The average Bonchev–Trinajstić information content (AvgIpc) is 2.90. The zero-order valence-corrected chi connectivity index (χ0v) is 7.09. The molecule has 0 aliphatic heterocycles. The number of halogens is 2. The van der Waals surface area contributed by atoms with Gasteiger partial charge in [-0.2, -0.15) is 0 Å². The molecule has 0 unspecified atom stereocenters. The van der Waals surface area contributed by atoms with Crippen LogP contribution in [0.15, 0.2) is 18.2 Å². The molecule has 0 spiro atoms. The second-order valence-corrected chi connectivity index (χ2v) is 3.33. The van der Waals surface area contributed by atoms with Gasteiger partial charge in [0.15, 0.2) is 11.6 Å². The van der Waals surface area contributed by atoms with Crippen molar-refractivity contribution >= 4 is 0 Å². The molecule has 0 saturated heterocycles. The van der Waals surface area contributed by atoms with Crippen molar-refractivity contribution in [2.75, 3.05) is 6.61 Å². The van der Waals surface area contributed by atoms with E-state index in [1.807, 2.05) is 0 Å². The van der Waals surface area contributed by atoms with E-state index in [4.69, 9.17) is 4.74 Å². The summed E-state index contributed by atoms with van der Waals surface area (Å²) in [5.74, 6) is -0.399. The normalized spacial score (nSPS) is 15.8. The maximum Gasteiger partial charge on any atom is 0.165 e. The Kier molecular flexibility index (Phi) is 2.17. The third kappa shape index (κ3) is 2.17. The molecule has 0 aromatic heterocycles. The van der Waals surface area contributed by atoms with Gasteiger partial charge in [0.1, 0.15) is 5.82 Å². The summed E-state index contributed by atoms with van der Waals surface area (Å²) in [6, 6.07) is 3.24. The van der Waals surface area contributed by atoms with E-state index in [2.05, 4.69) is 0 Å². The first-order chi connectivity index (χ1) is 6.25.